The zero-order chi connectivity index (χ0) is 22.2. The van der Waals surface area contributed by atoms with Crippen LogP contribution in [0.4, 0.5) is 20.6 Å². The second-order valence-corrected chi connectivity index (χ2v) is 10.1. The Hall–Kier alpha value is -2.92. The molecule has 1 atom stereocenters. The van der Waals surface area contributed by atoms with Crippen molar-refractivity contribution in [3.05, 3.63) is 82.1 Å². The van der Waals surface area contributed by atoms with E-state index >= 15 is 0 Å². The molecule has 0 aliphatic carbocycles. The van der Waals surface area contributed by atoms with Crippen LogP contribution in [0.1, 0.15) is 17.4 Å². The van der Waals surface area contributed by atoms with E-state index < -0.39 is 28.1 Å². The van der Waals surface area contributed by atoms with Crippen molar-refractivity contribution < 1.29 is 22.7 Å². The first-order chi connectivity index (χ1) is 14.7. The number of aliphatic hydroxyl groups is 1. The first-order valence-corrected chi connectivity index (χ1v) is 11.5. The number of hydrogen-bond acceptors (Lipinski definition) is 6. The highest BCUT2D eigenvalue weighted by Crippen LogP contribution is 2.34. The summed E-state index contributed by atoms with van der Waals surface area (Å²) in [4.78, 5) is 13.4. The lowest BCUT2D eigenvalue weighted by Crippen LogP contribution is -2.34. The Morgan fingerprint density at radius 1 is 1.16 bits per heavy atom. The molecular weight excluding hydrogens is 465 g/mol. The van der Waals surface area contributed by atoms with E-state index in [1.165, 1.54) is 29.2 Å². The van der Waals surface area contributed by atoms with Gasteiger partial charge in [-0.3, -0.25) is 0 Å². The Labute approximate surface area is 186 Å². The maximum atomic E-state index is 14.8. The van der Waals surface area contributed by atoms with Gasteiger partial charge in [-0.2, -0.15) is 0 Å². The molecule has 1 aliphatic rings. The van der Waals surface area contributed by atoms with Crippen LogP contribution >= 0.6 is 22.9 Å². The number of thiophene rings is 1. The fourth-order valence-corrected chi connectivity index (χ4v) is 5.46. The molecule has 0 bridgehead atoms. The van der Waals surface area contributed by atoms with Crippen molar-refractivity contribution >= 4 is 56.4 Å². The van der Waals surface area contributed by atoms with Crippen molar-refractivity contribution in [1.82, 2.24) is 4.72 Å². The molecule has 7 nitrogen and oxygen atoms in total. The summed E-state index contributed by atoms with van der Waals surface area (Å²) in [7, 11) is -4.10. The molecule has 1 aliphatic heterocycles. The van der Waals surface area contributed by atoms with Gasteiger partial charge in [-0.15, -0.1) is 11.3 Å². The van der Waals surface area contributed by atoms with Gasteiger partial charge in [-0.1, -0.05) is 35.9 Å². The van der Waals surface area contributed by atoms with Gasteiger partial charge in [0, 0.05) is 17.5 Å². The van der Waals surface area contributed by atoms with Crippen molar-refractivity contribution in [2.24, 2.45) is 0 Å². The first kappa shape index (κ1) is 21.3. The van der Waals surface area contributed by atoms with Gasteiger partial charge in [0.1, 0.15) is 10.0 Å². The van der Waals surface area contributed by atoms with Gasteiger partial charge in [0.05, 0.1) is 10.0 Å². The summed E-state index contributed by atoms with van der Waals surface area (Å²) in [5.74, 6) is -0.714. The van der Waals surface area contributed by atoms with E-state index in [9.17, 15) is 22.7 Å². The van der Waals surface area contributed by atoms with Crippen LogP contribution in [0.5, 0.6) is 0 Å². The molecule has 3 N–H and O–H groups in total. The molecule has 0 saturated carbocycles. The van der Waals surface area contributed by atoms with Crippen molar-refractivity contribution in [2.45, 2.75) is 10.4 Å². The fourth-order valence-electron chi connectivity index (χ4n) is 3.07. The molecule has 160 valence electrons. The number of fused-ring (bicyclic) bond motifs is 1. The van der Waals surface area contributed by atoms with Crippen LogP contribution in [-0.2, 0) is 10.0 Å². The van der Waals surface area contributed by atoms with Crippen molar-refractivity contribution in [2.75, 3.05) is 10.2 Å². The molecule has 0 spiro atoms. The number of nitrogens with one attached hydrogen (secondary N) is 2. The van der Waals surface area contributed by atoms with Crippen molar-refractivity contribution in [3.8, 4) is 0 Å². The van der Waals surface area contributed by atoms with E-state index in [0.29, 0.717) is 5.56 Å². The minimum absolute atomic E-state index is 0.0361. The predicted molar refractivity (Wildman–Crippen MR) is 118 cm³/mol. The zero-order valence-electron chi connectivity index (χ0n) is 15.6. The van der Waals surface area contributed by atoms with E-state index in [1.54, 1.807) is 24.4 Å². The van der Waals surface area contributed by atoms with Gasteiger partial charge >= 0.3 is 6.03 Å². The molecule has 2 aromatic carbocycles. The number of anilines is 2. The Balaban J connectivity index is 1.49. The lowest BCUT2D eigenvalue weighted by atomic mass is 10.0. The van der Waals surface area contributed by atoms with E-state index in [2.05, 4.69) is 5.32 Å². The minimum atomic E-state index is -4.10. The molecular formula is C20H15ClFN3O4S2. The molecule has 11 heteroatoms. The van der Waals surface area contributed by atoms with Crippen molar-refractivity contribution in [3.63, 3.8) is 0 Å². The van der Waals surface area contributed by atoms with Crippen LogP contribution < -0.4 is 14.9 Å². The summed E-state index contributed by atoms with van der Waals surface area (Å²) >= 11 is 6.52. The summed E-state index contributed by atoms with van der Waals surface area (Å²) in [5.41, 5.74) is 1.58. The van der Waals surface area contributed by atoms with E-state index in [0.717, 1.165) is 23.0 Å². The second kappa shape index (κ2) is 8.31. The number of urea groups is 1. The Kier molecular flexibility index (Phi) is 5.71. The van der Waals surface area contributed by atoms with Crippen LogP contribution in [0, 0.1) is 5.82 Å². The van der Waals surface area contributed by atoms with E-state index in [4.69, 9.17) is 11.6 Å². The summed E-state index contributed by atoms with van der Waals surface area (Å²) in [6.45, 7) is 0. The highest BCUT2D eigenvalue weighted by molar-refractivity contribution is 7.92. The third-order valence-electron chi connectivity index (χ3n) is 4.48. The standard InChI is InChI=1S/C20H15ClFN3O4S2/c21-17-7-8-18(30-17)31(28,29)24-20(27)23-13-5-6-16(15(22)11-13)25-10-9-12-3-1-2-4-14(12)19(25)26/h1-11,19,26H,(H2,23,24,27). The van der Waals surface area contributed by atoms with Crippen molar-refractivity contribution in [1.29, 1.82) is 0 Å². The Morgan fingerprint density at radius 3 is 2.65 bits per heavy atom. The molecule has 0 radical (unpaired) electrons. The third kappa shape index (κ3) is 4.42. The number of sulfonamides is 1. The van der Waals surface area contributed by atoms with Gasteiger partial charge in [0.25, 0.3) is 10.0 Å². The van der Waals surface area contributed by atoms with Gasteiger partial charge < -0.3 is 15.3 Å². The second-order valence-electron chi connectivity index (χ2n) is 6.51. The normalized spacial score (nSPS) is 15.5. The highest BCUT2D eigenvalue weighted by atomic mass is 35.5. The van der Waals surface area contributed by atoms with Crippen LogP contribution in [0.25, 0.3) is 6.08 Å². The maximum Gasteiger partial charge on any atom is 0.333 e. The summed E-state index contributed by atoms with van der Waals surface area (Å²) in [5, 5.41) is 12.9. The number of hydrogen-bond donors (Lipinski definition) is 3. The molecule has 4 rings (SSSR count). The van der Waals surface area contributed by atoms with Crippen LogP contribution in [0.2, 0.25) is 4.34 Å². The quantitative estimate of drug-likeness (QED) is 0.510. The fraction of sp³-hybridized carbons (Fsp3) is 0.0500. The number of aliphatic hydroxyl groups excluding tert-OH is 1. The van der Waals surface area contributed by atoms with Crippen LogP contribution in [-0.4, -0.2) is 19.6 Å². The van der Waals surface area contributed by atoms with Crippen LogP contribution in [0.15, 0.2) is 65.0 Å². The molecule has 1 unspecified atom stereocenters. The summed E-state index contributed by atoms with van der Waals surface area (Å²) in [6, 6.07) is 12.6. The topological polar surface area (TPSA) is 98.7 Å². The molecule has 31 heavy (non-hydrogen) atoms. The average Bonchev–Trinajstić information content (AvgIpc) is 3.16. The number of carbonyl (C=O) groups is 1. The number of nitrogens with zero attached hydrogens (tertiary/aromatic N) is 1. The van der Waals surface area contributed by atoms with E-state index in [1.807, 2.05) is 16.9 Å². The first-order valence-electron chi connectivity index (χ1n) is 8.87. The zero-order valence-corrected chi connectivity index (χ0v) is 18.0. The number of benzene rings is 2. The van der Waals surface area contributed by atoms with Gasteiger partial charge in [-0.05, 0) is 42.0 Å². The largest absolute Gasteiger partial charge is 0.369 e. The molecule has 3 aromatic rings. The molecule has 0 saturated heterocycles. The summed E-state index contributed by atoms with van der Waals surface area (Å²) < 4.78 is 41.1. The smallest absolute Gasteiger partial charge is 0.333 e. The molecule has 1 aromatic heterocycles. The SMILES string of the molecule is O=C(Nc1ccc(N2C=Cc3ccccc3C2O)c(F)c1)NS(=O)(=O)c1ccc(Cl)s1. The molecule has 0 fully saturated rings. The lowest BCUT2D eigenvalue weighted by Gasteiger charge is -2.31. The maximum absolute atomic E-state index is 14.8. The molecule has 2 heterocycles. The Bertz CT molecular complexity index is 1290. The van der Waals surface area contributed by atoms with Crippen LogP contribution in [0.3, 0.4) is 0 Å². The molecule has 2 amide bonds. The van der Waals surface area contributed by atoms with E-state index in [-0.39, 0.29) is 19.9 Å². The number of amides is 2. The van der Waals surface area contributed by atoms with Gasteiger partial charge in [0.2, 0.25) is 0 Å². The minimum Gasteiger partial charge on any atom is -0.369 e. The van der Waals surface area contributed by atoms with Gasteiger partial charge in [-0.25, -0.2) is 22.3 Å². The highest BCUT2D eigenvalue weighted by Gasteiger charge is 2.25. The third-order valence-corrected chi connectivity index (χ3v) is 7.53. The monoisotopic (exact) mass is 479 g/mol. The number of rotatable bonds is 4. The average molecular weight is 480 g/mol. The van der Waals surface area contributed by atoms with Gasteiger partial charge in [0.15, 0.2) is 6.23 Å². The lowest BCUT2D eigenvalue weighted by molar-refractivity contribution is 0.181. The Morgan fingerprint density at radius 2 is 1.94 bits per heavy atom. The summed E-state index contributed by atoms with van der Waals surface area (Å²) in [6.07, 6.45) is 2.23. The predicted octanol–water partition coefficient (Wildman–Crippen LogP) is 4.53. The number of halogens is 2. The number of carbonyl (C=O) groups excluding carboxylic acids is 1.